The third kappa shape index (κ3) is 3.25. The van der Waals surface area contributed by atoms with Crippen molar-refractivity contribution < 1.29 is 28.5 Å². The highest BCUT2D eigenvalue weighted by Gasteiger charge is 2.16. The van der Waals surface area contributed by atoms with Crippen LogP contribution in [0.1, 0.15) is 15.9 Å². The molecule has 2 N–H and O–H groups in total. The lowest BCUT2D eigenvalue weighted by atomic mass is 10.2. The van der Waals surface area contributed by atoms with Gasteiger partial charge in [0.2, 0.25) is 13.6 Å². The van der Waals surface area contributed by atoms with Gasteiger partial charge in [-0.1, -0.05) is 6.07 Å². The van der Waals surface area contributed by atoms with Crippen LogP contribution in [0.5, 0.6) is 23.0 Å². The summed E-state index contributed by atoms with van der Waals surface area (Å²) in [7, 11) is 0. The van der Waals surface area contributed by atoms with Crippen LogP contribution in [0.3, 0.4) is 0 Å². The van der Waals surface area contributed by atoms with Crippen molar-refractivity contribution in [1.82, 2.24) is 10.9 Å². The molecule has 2 aromatic rings. The van der Waals surface area contributed by atoms with E-state index >= 15 is 0 Å². The predicted octanol–water partition coefficient (Wildman–Crippen LogP) is 1.62. The van der Waals surface area contributed by atoms with Crippen LogP contribution in [0, 0.1) is 0 Å². The van der Waals surface area contributed by atoms with E-state index in [1.807, 2.05) is 0 Å². The number of amides is 2. The summed E-state index contributed by atoms with van der Waals surface area (Å²) >= 11 is 0. The van der Waals surface area contributed by atoms with Gasteiger partial charge in [-0.3, -0.25) is 20.4 Å². The zero-order valence-electron chi connectivity index (χ0n) is 13.5. The zero-order chi connectivity index (χ0) is 17.9. The van der Waals surface area contributed by atoms with Crippen molar-refractivity contribution in [3.8, 4) is 23.0 Å². The van der Waals surface area contributed by atoms with Gasteiger partial charge in [-0.05, 0) is 42.0 Å². The first-order chi connectivity index (χ1) is 12.7. The van der Waals surface area contributed by atoms with Crippen LogP contribution < -0.4 is 29.8 Å². The van der Waals surface area contributed by atoms with Crippen LogP contribution in [-0.4, -0.2) is 25.4 Å². The molecule has 26 heavy (non-hydrogen) atoms. The van der Waals surface area contributed by atoms with Crippen LogP contribution in [0.25, 0.3) is 6.08 Å². The molecule has 8 nitrogen and oxygen atoms in total. The van der Waals surface area contributed by atoms with Gasteiger partial charge in [0.05, 0.1) is 0 Å². The summed E-state index contributed by atoms with van der Waals surface area (Å²) in [6, 6.07) is 10.1. The average Bonchev–Trinajstić information content (AvgIpc) is 3.32. The molecule has 4 rings (SSSR count). The monoisotopic (exact) mass is 354 g/mol. The molecule has 2 heterocycles. The second kappa shape index (κ2) is 6.67. The number of fused-ring (bicyclic) bond motifs is 2. The number of nitrogens with one attached hydrogen (secondary N) is 2. The molecule has 2 aromatic carbocycles. The number of hydrogen-bond acceptors (Lipinski definition) is 6. The molecule has 0 aliphatic carbocycles. The highest BCUT2D eigenvalue weighted by Crippen LogP contribution is 2.33. The average molecular weight is 354 g/mol. The molecule has 2 aliphatic heterocycles. The Morgan fingerprint density at radius 3 is 2.23 bits per heavy atom. The standard InChI is InChI=1S/C18H14N2O6/c21-17(6-2-11-1-4-13-15(7-11)25-9-23-13)19-20-18(22)12-3-5-14-16(8-12)26-10-24-14/h1-8H,9-10H2,(H,19,21)(H,20,22)/b6-2+. The lowest BCUT2D eigenvalue weighted by molar-refractivity contribution is -0.117. The van der Waals surface area contributed by atoms with Crippen molar-refractivity contribution in [3.05, 3.63) is 53.6 Å². The SMILES string of the molecule is O=C(/C=C/c1ccc2c(c1)OCO2)NNC(=O)c1ccc2c(c1)OCO2. The summed E-state index contributed by atoms with van der Waals surface area (Å²) in [6.45, 7) is 0.316. The number of rotatable bonds is 3. The predicted molar refractivity (Wildman–Crippen MR) is 89.8 cm³/mol. The Morgan fingerprint density at radius 1 is 0.808 bits per heavy atom. The first-order valence-corrected chi connectivity index (χ1v) is 7.77. The molecule has 0 aromatic heterocycles. The second-order valence-electron chi connectivity index (χ2n) is 5.46. The summed E-state index contributed by atoms with van der Waals surface area (Å²) in [6.07, 6.45) is 2.90. The van der Waals surface area contributed by atoms with Gasteiger partial charge < -0.3 is 18.9 Å². The molecule has 132 valence electrons. The van der Waals surface area contributed by atoms with Gasteiger partial charge in [-0.15, -0.1) is 0 Å². The number of ether oxygens (including phenoxy) is 4. The van der Waals surface area contributed by atoms with Crippen molar-refractivity contribution >= 4 is 17.9 Å². The first-order valence-electron chi connectivity index (χ1n) is 7.77. The first kappa shape index (κ1) is 15.8. The fourth-order valence-electron chi connectivity index (χ4n) is 2.46. The van der Waals surface area contributed by atoms with E-state index in [4.69, 9.17) is 18.9 Å². The maximum atomic E-state index is 12.1. The Bertz CT molecular complexity index is 909. The quantitative estimate of drug-likeness (QED) is 0.642. The Kier molecular flexibility index (Phi) is 4.06. The number of hydrogen-bond donors (Lipinski definition) is 2. The summed E-state index contributed by atoms with van der Waals surface area (Å²) in [5.74, 6) is 1.43. The largest absolute Gasteiger partial charge is 0.454 e. The summed E-state index contributed by atoms with van der Waals surface area (Å²) in [4.78, 5) is 23.9. The molecule has 0 bridgehead atoms. The summed E-state index contributed by atoms with van der Waals surface area (Å²) in [5.41, 5.74) is 5.77. The number of carbonyl (C=O) groups excluding carboxylic acids is 2. The van der Waals surface area contributed by atoms with E-state index in [2.05, 4.69) is 10.9 Å². The molecule has 0 saturated heterocycles. The van der Waals surface area contributed by atoms with Crippen molar-refractivity contribution in [2.75, 3.05) is 13.6 Å². The number of benzene rings is 2. The fourth-order valence-corrected chi connectivity index (χ4v) is 2.46. The van der Waals surface area contributed by atoms with E-state index in [1.54, 1.807) is 42.5 Å². The summed E-state index contributed by atoms with van der Waals surface area (Å²) < 4.78 is 20.9. The maximum Gasteiger partial charge on any atom is 0.269 e. The minimum absolute atomic E-state index is 0.127. The molecule has 2 amide bonds. The molecule has 2 aliphatic rings. The van der Waals surface area contributed by atoms with Gasteiger partial charge in [0, 0.05) is 11.6 Å². The van der Waals surface area contributed by atoms with Crippen molar-refractivity contribution in [2.45, 2.75) is 0 Å². The van der Waals surface area contributed by atoms with Crippen LogP contribution >= 0.6 is 0 Å². The fraction of sp³-hybridized carbons (Fsp3) is 0.111. The molecule has 0 radical (unpaired) electrons. The topological polar surface area (TPSA) is 95.1 Å². The lowest BCUT2D eigenvalue weighted by Crippen LogP contribution is -2.40. The van der Waals surface area contributed by atoms with Gasteiger partial charge >= 0.3 is 0 Å². The number of carbonyl (C=O) groups is 2. The van der Waals surface area contributed by atoms with Gasteiger partial charge in [-0.2, -0.15) is 0 Å². The highest BCUT2D eigenvalue weighted by atomic mass is 16.7. The maximum absolute atomic E-state index is 12.1. The smallest absolute Gasteiger partial charge is 0.269 e. The minimum atomic E-state index is -0.475. The van der Waals surface area contributed by atoms with Gasteiger partial charge in [0.25, 0.3) is 11.8 Å². The molecule has 0 atom stereocenters. The van der Waals surface area contributed by atoms with Gasteiger partial charge in [0.1, 0.15) is 0 Å². The van der Waals surface area contributed by atoms with Gasteiger partial charge in [0.15, 0.2) is 23.0 Å². The minimum Gasteiger partial charge on any atom is -0.454 e. The van der Waals surface area contributed by atoms with E-state index in [0.717, 1.165) is 5.56 Å². The molecule has 0 saturated carbocycles. The van der Waals surface area contributed by atoms with Crippen LogP contribution in [0.2, 0.25) is 0 Å². The van der Waals surface area contributed by atoms with E-state index < -0.39 is 11.8 Å². The number of hydrazine groups is 1. The molecule has 0 spiro atoms. The van der Waals surface area contributed by atoms with E-state index in [-0.39, 0.29) is 13.6 Å². The zero-order valence-corrected chi connectivity index (χ0v) is 13.5. The Labute approximate surface area is 148 Å². The molecular weight excluding hydrogens is 340 g/mol. The third-order valence-electron chi connectivity index (χ3n) is 3.76. The van der Waals surface area contributed by atoms with E-state index in [1.165, 1.54) is 6.08 Å². The second-order valence-corrected chi connectivity index (χ2v) is 5.46. The van der Waals surface area contributed by atoms with Crippen molar-refractivity contribution in [2.24, 2.45) is 0 Å². The Hall–Kier alpha value is -3.68. The van der Waals surface area contributed by atoms with Crippen molar-refractivity contribution in [3.63, 3.8) is 0 Å². The summed E-state index contributed by atoms with van der Waals surface area (Å²) in [5, 5.41) is 0. The Morgan fingerprint density at radius 2 is 1.46 bits per heavy atom. The molecular formula is C18H14N2O6. The Balaban J connectivity index is 1.33. The normalized spacial score (nSPS) is 13.7. The van der Waals surface area contributed by atoms with Crippen LogP contribution in [0.15, 0.2) is 42.5 Å². The van der Waals surface area contributed by atoms with Crippen LogP contribution in [0.4, 0.5) is 0 Å². The van der Waals surface area contributed by atoms with Crippen molar-refractivity contribution in [1.29, 1.82) is 0 Å². The third-order valence-corrected chi connectivity index (χ3v) is 3.76. The van der Waals surface area contributed by atoms with Gasteiger partial charge in [-0.25, -0.2) is 0 Å². The lowest BCUT2D eigenvalue weighted by Gasteiger charge is -2.06. The van der Waals surface area contributed by atoms with E-state index in [0.29, 0.717) is 28.6 Å². The van der Waals surface area contributed by atoms with E-state index in [9.17, 15) is 9.59 Å². The molecule has 0 unspecified atom stereocenters. The highest BCUT2D eigenvalue weighted by molar-refractivity contribution is 5.98. The molecule has 0 fully saturated rings. The van der Waals surface area contributed by atoms with Crippen LogP contribution in [-0.2, 0) is 4.79 Å². The molecule has 8 heteroatoms.